The Morgan fingerprint density at radius 1 is 1.28 bits per heavy atom. The first-order valence-electron chi connectivity index (χ1n) is 9.58. The molecule has 1 aliphatic rings. The van der Waals surface area contributed by atoms with E-state index in [1.54, 1.807) is 25.1 Å². The number of nitriles is 1. The molecule has 10 heteroatoms. The van der Waals surface area contributed by atoms with Gasteiger partial charge < -0.3 is 14.6 Å². The lowest BCUT2D eigenvalue weighted by atomic mass is 10.1. The van der Waals surface area contributed by atoms with Crippen molar-refractivity contribution in [3.63, 3.8) is 0 Å². The highest BCUT2D eigenvalue weighted by Crippen LogP contribution is 2.32. The number of nitrogens with zero attached hydrogens (tertiary/aromatic N) is 3. The number of benzene rings is 2. The molecule has 0 saturated heterocycles. The number of phenols is 1. The van der Waals surface area contributed by atoms with E-state index in [2.05, 4.69) is 9.73 Å². The number of rotatable bonds is 8. The van der Waals surface area contributed by atoms with Gasteiger partial charge in [0.2, 0.25) is 0 Å². The number of amides is 1. The van der Waals surface area contributed by atoms with Crippen molar-refractivity contribution in [3.05, 3.63) is 53.7 Å². The quantitative estimate of drug-likeness (QED) is 0.451. The molecule has 166 valence electrons. The minimum atomic E-state index is -2.95. The van der Waals surface area contributed by atoms with Crippen LogP contribution in [0.4, 0.5) is 14.5 Å². The molecule has 0 saturated carbocycles. The maximum Gasteiger partial charge on any atom is 0.387 e. The van der Waals surface area contributed by atoms with Gasteiger partial charge in [-0.3, -0.25) is 9.69 Å². The molecule has 0 atom stereocenters. The standard InChI is InChI=1S/C22H19F2N3O4S/c1-2-30-19-13-14(4-9-18(19)28)12-17-20(29)27(22(26-17)32-11-3-10-25)15-5-7-16(8-6-15)31-21(23)24/h4-9,12-13,21,28H,2-3,11H2,1H3/b17-12-. The van der Waals surface area contributed by atoms with E-state index in [-0.39, 0.29) is 29.4 Å². The summed E-state index contributed by atoms with van der Waals surface area (Å²) in [4.78, 5) is 18.9. The topological polar surface area (TPSA) is 95.1 Å². The van der Waals surface area contributed by atoms with Crippen LogP contribution >= 0.6 is 11.8 Å². The summed E-state index contributed by atoms with van der Waals surface area (Å²) in [5.74, 6) is 0.238. The highest BCUT2D eigenvalue weighted by molar-refractivity contribution is 8.14. The smallest absolute Gasteiger partial charge is 0.387 e. The average molecular weight is 459 g/mol. The zero-order chi connectivity index (χ0) is 23.1. The van der Waals surface area contributed by atoms with Crippen LogP contribution in [-0.4, -0.2) is 35.2 Å². The van der Waals surface area contributed by atoms with Gasteiger partial charge >= 0.3 is 6.61 Å². The highest BCUT2D eigenvalue weighted by Gasteiger charge is 2.32. The van der Waals surface area contributed by atoms with Gasteiger partial charge in [0.1, 0.15) is 11.4 Å². The lowest BCUT2D eigenvalue weighted by molar-refractivity contribution is -0.113. The van der Waals surface area contributed by atoms with Gasteiger partial charge in [-0.2, -0.15) is 14.0 Å². The lowest BCUT2D eigenvalue weighted by Crippen LogP contribution is -2.30. The van der Waals surface area contributed by atoms with Crippen LogP contribution in [0.2, 0.25) is 0 Å². The summed E-state index contributed by atoms with van der Waals surface area (Å²) in [7, 11) is 0. The molecule has 32 heavy (non-hydrogen) atoms. The Balaban J connectivity index is 1.92. The van der Waals surface area contributed by atoms with Crippen LogP contribution in [0.1, 0.15) is 18.9 Å². The van der Waals surface area contributed by atoms with Gasteiger partial charge in [0, 0.05) is 12.2 Å². The molecule has 2 aromatic rings. The van der Waals surface area contributed by atoms with Crippen LogP contribution in [0.25, 0.3) is 6.08 Å². The number of carbonyl (C=O) groups excluding carboxylic acids is 1. The van der Waals surface area contributed by atoms with Crippen LogP contribution in [-0.2, 0) is 4.79 Å². The number of hydrogen-bond donors (Lipinski definition) is 1. The number of hydrogen-bond acceptors (Lipinski definition) is 7. The first-order chi connectivity index (χ1) is 15.4. The molecule has 7 nitrogen and oxygen atoms in total. The zero-order valence-corrected chi connectivity index (χ0v) is 17.8. The minimum Gasteiger partial charge on any atom is -0.504 e. The number of phenolic OH excluding ortho intramolecular Hbond substituents is 1. The molecule has 1 heterocycles. The van der Waals surface area contributed by atoms with E-state index < -0.39 is 12.5 Å². The third-order valence-corrected chi connectivity index (χ3v) is 5.12. The number of anilines is 1. The molecule has 1 N–H and O–H groups in total. The molecule has 0 aromatic heterocycles. The van der Waals surface area contributed by atoms with E-state index in [0.29, 0.717) is 28.8 Å². The second kappa shape index (κ2) is 10.6. The molecular weight excluding hydrogens is 440 g/mol. The second-order valence-corrected chi connectivity index (χ2v) is 7.42. The fourth-order valence-corrected chi connectivity index (χ4v) is 3.69. The van der Waals surface area contributed by atoms with E-state index in [4.69, 9.17) is 10.00 Å². The summed E-state index contributed by atoms with van der Waals surface area (Å²) in [5.41, 5.74) is 1.16. The Morgan fingerprint density at radius 2 is 2.03 bits per heavy atom. The molecular formula is C22H19F2N3O4S. The van der Waals surface area contributed by atoms with Gasteiger partial charge in [-0.15, -0.1) is 0 Å². The second-order valence-electron chi connectivity index (χ2n) is 6.35. The van der Waals surface area contributed by atoms with Gasteiger partial charge in [0.15, 0.2) is 16.7 Å². The van der Waals surface area contributed by atoms with Gasteiger partial charge in [-0.25, -0.2) is 4.99 Å². The van der Waals surface area contributed by atoms with Gasteiger partial charge in [-0.05, 0) is 55.0 Å². The summed E-state index contributed by atoms with van der Waals surface area (Å²) in [6, 6.07) is 12.3. The molecule has 0 unspecified atom stereocenters. The number of aromatic hydroxyl groups is 1. The molecule has 2 aromatic carbocycles. The number of ether oxygens (including phenoxy) is 2. The summed E-state index contributed by atoms with van der Waals surface area (Å²) in [5, 5.41) is 19.1. The number of thioether (sulfide) groups is 1. The Kier molecular flexibility index (Phi) is 7.68. The van der Waals surface area contributed by atoms with Crippen LogP contribution in [0.5, 0.6) is 17.2 Å². The van der Waals surface area contributed by atoms with Crippen molar-refractivity contribution in [2.24, 2.45) is 4.99 Å². The molecule has 0 aliphatic carbocycles. The van der Waals surface area contributed by atoms with E-state index >= 15 is 0 Å². The SMILES string of the molecule is CCOc1cc(/C=C2\N=C(SCCC#N)N(c3ccc(OC(F)F)cc3)C2=O)ccc1O. The van der Waals surface area contributed by atoms with Crippen LogP contribution in [0, 0.1) is 11.3 Å². The van der Waals surface area contributed by atoms with Gasteiger partial charge in [-0.1, -0.05) is 17.8 Å². The summed E-state index contributed by atoms with van der Waals surface area (Å²) < 4.78 is 34.6. The van der Waals surface area contributed by atoms with E-state index in [0.717, 1.165) is 0 Å². The highest BCUT2D eigenvalue weighted by atomic mass is 32.2. The van der Waals surface area contributed by atoms with Crippen molar-refractivity contribution in [1.29, 1.82) is 5.26 Å². The van der Waals surface area contributed by atoms with Crippen LogP contribution < -0.4 is 14.4 Å². The predicted molar refractivity (Wildman–Crippen MR) is 118 cm³/mol. The summed E-state index contributed by atoms with van der Waals surface area (Å²) in [6.45, 7) is -0.798. The molecule has 0 bridgehead atoms. The normalized spacial score (nSPS) is 14.6. The summed E-state index contributed by atoms with van der Waals surface area (Å²) in [6.07, 6.45) is 1.82. The average Bonchev–Trinajstić information content (AvgIpc) is 3.06. The maximum atomic E-state index is 13.1. The lowest BCUT2D eigenvalue weighted by Gasteiger charge is -2.18. The molecule has 1 aliphatic heterocycles. The third kappa shape index (κ3) is 5.56. The first-order valence-corrected chi connectivity index (χ1v) is 10.6. The Bertz CT molecular complexity index is 1080. The van der Waals surface area contributed by atoms with Gasteiger partial charge in [0.25, 0.3) is 5.91 Å². The van der Waals surface area contributed by atoms with E-state index in [9.17, 15) is 18.7 Å². The molecule has 0 fully saturated rings. The molecule has 3 rings (SSSR count). The number of alkyl halides is 2. The van der Waals surface area contributed by atoms with Crippen molar-refractivity contribution in [1.82, 2.24) is 0 Å². The summed E-state index contributed by atoms with van der Waals surface area (Å²) >= 11 is 1.23. The maximum absolute atomic E-state index is 13.1. The van der Waals surface area contributed by atoms with Crippen molar-refractivity contribution < 1.29 is 28.2 Å². The van der Waals surface area contributed by atoms with Crippen molar-refractivity contribution in [2.45, 2.75) is 20.0 Å². The zero-order valence-electron chi connectivity index (χ0n) is 17.0. The number of carbonyl (C=O) groups is 1. The number of amidine groups is 1. The Hall–Kier alpha value is -3.58. The molecule has 0 radical (unpaired) electrons. The van der Waals surface area contributed by atoms with Crippen LogP contribution in [0.15, 0.2) is 53.2 Å². The predicted octanol–water partition coefficient (Wildman–Crippen LogP) is 4.78. The number of aliphatic imine (C=N–C) groups is 1. The van der Waals surface area contributed by atoms with E-state index in [1.807, 2.05) is 6.07 Å². The van der Waals surface area contributed by atoms with Crippen molar-refractivity contribution in [2.75, 3.05) is 17.3 Å². The molecule has 0 spiro atoms. The minimum absolute atomic E-state index is 0.0178. The fourth-order valence-electron chi connectivity index (χ4n) is 2.83. The van der Waals surface area contributed by atoms with Crippen molar-refractivity contribution >= 4 is 34.6 Å². The van der Waals surface area contributed by atoms with E-state index in [1.165, 1.54) is 47.0 Å². The largest absolute Gasteiger partial charge is 0.504 e. The van der Waals surface area contributed by atoms with Crippen molar-refractivity contribution in [3.8, 4) is 23.3 Å². The Morgan fingerprint density at radius 3 is 2.69 bits per heavy atom. The van der Waals surface area contributed by atoms with Gasteiger partial charge in [0.05, 0.1) is 18.4 Å². The van der Waals surface area contributed by atoms with Crippen LogP contribution in [0.3, 0.4) is 0 Å². The third-order valence-electron chi connectivity index (χ3n) is 4.18. The monoisotopic (exact) mass is 459 g/mol. The Labute approximate surface area is 187 Å². The first kappa shape index (κ1) is 23.1. The molecule has 1 amide bonds. The number of halogens is 2. The fraction of sp³-hybridized carbons (Fsp3) is 0.227.